The second kappa shape index (κ2) is 11.3. The molecule has 2 aliphatic heterocycles. The second-order valence-electron chi connectivity index (χ2n) is 10.2. The number of aliphatic hydroxyl groups is 1. The molecule has 38 heavy (non-hydrogen) atoms. The Morgan fingerprint density at radius 1 is 1.16 bits per heavy atom. The number of allylic oxidation sites excluding steroid dienone is 1. The van der Waals surface area contributed by atoms with Gasteiger partial charge in [0.05, 0.1) is 5.02 Å². The average molecular weight is 537 g/mol. The number of halogens is 2. The van der Waals surface area contributed by atoms with E-state index in [0.29, 0.717) is 23.2 Å². The van der Waals surface area contributed by atoms with E-state index in [0.717, 1.165) is 56.8 Å². The zero-order valence-electron chi connectivity index (χ0n) is 22.1. The number of rotatable bonds is 6. The largest absolute Gasteiger partial charge is 0.508 e. The van der Waals surface area contributed by atoms with E-state index >= 15 is 4.39 Å². The molecule has 3 heterocycles. The number of nitrogens with one attached hydrogen (secondary N) is 1. The summed E-state index contributed by atoms with van der Waals surface area (Å²) in [5.41, 5.74) is 2.35. The van der Waals surface area contributed by atoms with E-state index in [2.05, 4.69) is 39.1 Å². The Bertz CT molecular complexity index is 1380. The van der Waals surface area contributed by atoms with Crippen LogP contribution in [0.1, 0.15) is 23.1 Å². The lowest BCUT2D eigenvalue weighted by molar-refractivity contribution is 0.245. The van der Waals surface area contributed by atoms with Crippen LogP contribution in [0.25, 0.3) is 23.1 Å². The highest BCUT2D eigenvalue weighted by Crippen LogP contribution is 2.35. The van der Waals surface area contributed by atoms with Gasteiger partial charge in [0.15, 0.2) is 5.82 Å². The van der Waals surface area contributed by atoms with Gasteiger partial charge in [0, 0.05) is 49.7 Å². The van der Waals surface area contributed by atoms with Crippen LogP contribution < -0.4 is 15.1 Å². The van der Waals surface area contributed by atoms with Crippen LogP contribution in [0, 0.1) is 12.7 Å². The normalized spacial score (nSPS) is 17.5. The van der Waals surface area contributed by atoms with Crippen LogP contribution >= 0.6 is 11.6 Å². The van der Waals surface area contributed by atoms with Crippen LogP contribution in [0.5, 0.6) is 0 Å². The number of benzene rings is 2. The van der Waals surface area contributed by atoms with E-state index in [1.54, 1.807) is 12.1 Å². The van der Waals surface area contributed by atoms with Gasteiger partial charge >= 0.3 is 0 Å². The molecule has 7 nitrogen and oxygen atoms in total. The van der Waals surface area contributed by atoms with Crippen LogP contribution in [0.4, 0.5) is 16.2 Å². The highest BCUT2D eigenvalue weighted by Gasteiger charge is 2.32. The topological polar surface area (TPSA) is 67.8 Å². The van der Waals surface area contributed by atoms with Crippen molar-refractivity contribution in [2.75, 3.05) is 63.2 Å². The Labute approximate surface area is 228 Å². The monoisotopic (exact) mass is 536 g/mol. The molecular formula is C29H34ClFN6O. The molecule has 9 heteroatoms. The number of likely N-dealkylation sites (N-methyl/N-ethyl adjacent to an activating group) is 1. The maximum absolute atomic E-state index is 16.1. The van der Waals surface area contributed by atoms with E-state index in [-0.39, 0.29) is 21.9 Å². The summed E-state index contributed by atoms with van der Waals surface area (Å²) in [5, 5.41) is 14.8. The minimum absolute atomic E-state index is 0.00584. The fourth-order valence-electron chi connectivity index (χ4n) is 4.85. The fourth-order valence-corrected chi connectivity index (χ4v) is 5.10. The minimum Gasteiger partial charge on any atom is -0.508 e. The molecule has 0 bridgehead atoms. The van der Waals surface area contributed by atoms with E-state index in [4.69, 9.17) is 16.6 Å². The number of hydrogen-bond acceptors (Lipinski definition) is 7. The zero-order valence-corrected chi connectivity index (χ0v) is 22.8. The Morgan fingerprint density at radius 2 is 1.95 bits per heavy atom. The van der Waals surface area contributed by atoms with Crippen LogP contribution in [0.15, 0.2) is 42.2 Å². The van der Waals surface area contributed by atoms with Crippen LogP contribution in [0.2, 0.25) is 5.02 Å². The summed E-state index contributed by atoms with van der Waals surface area (Å²) in [7, 11) is 4.12. The first-order valence-electron chi connectivity index (χ1n) is 13.0. The fraction of sp³-hybridized carbons (Fsp3) is 0.379. The lowest BCUT2D eigenvalue weighted by atomic mass is 10.1. The summed E-state index contributed by atoms with van der Waals surface area (Å²) >= 11 is 6.62. The molecule has 0 aliphatic carbocycles. The van der Waals surface area contributed by atoms with Gasteiger partial charge in [0.25, 0.3) is 0 Å². The van der Waals surface area contributed by atoms with Gasteiger partial charge in [-0.2, -0.15) is 4.98 Å². The van der Waals surface area contributed by atoms with Crippen molar-refractivity contribution in [3.8, 4) is 0 Å². The third-order valence-corrected chi connectivity index (χ3v) is 7.63. The van der Waals surface area contributed by atoms with Crippen LogP contribution in [-0.2, 0) is 0 Å². The first-order valence-corrected chi connectivity index (χ1v) is 13.4. The summed E-state index contributed by atoms with van der Waals surface area (Å²) in [4.78, 5) is 16.1. The zero-order chi connectivity index (χ0) is 26.8. The molecule has 1 aromatic heterocycles. The van der Waals surface area contributed by atoms with Gasteiger partial charge in [-0.3, -0.25) is 0 Å². The van der Waals surface area contributed by atoms with E-state index in [1.165, 1.54) is 12.2 Å². The van der Waals surface area contributed by atoms with Gasteiger partial charge < -0.3 is 25.1 Å². The second-order valence-corrected chi connectivity index (χ2v) is 10.6. The Balaban J connectivity index is 1.55. The molecule has 0 unspecified atom stereocenters. The number of aromatic nitrogens is 2. The summed E-state index contributed by atoms with van der Waals surface area (Å²) in [5.74, 6) is 0.725. The van der Waals surface area contributed by atoms with Gasteiger partial charge in [-0.1, -0.05) is 35.9 Å². The molecule has 0 saturated carbocycles. The van der Waals surface area contributed by atoms with Crippen molar-refractivity contribution >= 4 is 46.4 Å². The Hall–Kier alpha value is -3.20. The molecule has 0 spiro atoms. The Kier molecular flexibility index (Phi) is 7.83. The number of hydrogen-bond donors (Lipinski definition) is 2. The summed E-state index contributed by atoms with van der Waals surface area (Å²) < 4.78 is 16.1. The maximum Gasteiger partial charge on any atom is 0.228 e. The SMILES string of the molecule is Cc1ccccc1/C=C(O)\C=C\c1c(Cl)cc2c(N3CCCNCC3)nc(N3CC(N(C)C)C3)nc2c1F. The van der Waals surface area contributed by atoms with Gasteiger partial charge in [-0.05, 0) is 69.4 Å². The summed E-state index contributed by atoms with van der Waals surface area (Å²) in [6, 6.07) is 9.89. The molecular weight excluding hydrogens is 503 g/mol. The summed E-state index contributed by atoms with van der Waals surface area (Å²) in [6.07, 6.45) is 5.58. The smallest absolute Gasteiger partial charge is 0.228 e. The first kappa shape index (κ1) is 26.4. The van der Waals surface area contributed by atoms with Crippen molar-refractivity contribution in [1.82, 2.24) is 20.2 Å². The third kappa shape index (κ3) is 5.48. The van der Waals surface area contributed by atoms with Crippen molar-refractivity contribution in [2.45, 2.75) is 19.4 Å². The van der Waals surface area contributed by atoms with Gasteiger partial charge in [0.1, 0.15) is 17.1 Å². The number of anilines is 2. The molecule has 0 radical (unpaired) electrons. The van der Waals surface area contributed by atoms with E-state index in [1.807, 2.05) is 31.2 Å². The Morgan fingerprint density at radius 3 is 2.71 bits per heavy atom. The summed E-state index contributed by atoms with van der Waals surface area (Å²) in [6.45, 7) is 6.90. The van der Waals surface area contributed by atoms with Crippen LogP contribution in [-0.4, -0.2) is 79.4 Å². The van der Waals surface area contributed by atoms with Crippen molar-refractivity contribution in [2.24, 2.45) is 0 Å². The van der Waals surface area contributed by atoms with Crippen LogP contribution in [0.3, 0.4) is 0 Å². The number of fused-ring (bicyclic) bond motifs is 1. The van der Waals surface area contributed by atoms with Gasteiger partial charge in [-0.15, -0.1) is 0 Å². The first-order chi connectivity index (χ1) is 18.3. The molecule has 2 N–H and O–H groups in total. The van der Waals surface area contributed by atoms with Crippen molar-refractivity contribution in [1.29, 1.82) is 0 Å². The molecule has 3 aromatic rings. The molecule has 2 aromatic carbocycles. The molecule has 2 saturated heterocycles. The molecule has 2 fully saturated rings. The van der Waals surface area contributed by atoms with Gasteiger partial charge in [0.2, 0.25) is 5.95 Å². The molecule has 0 amide bonds. The average Bonchev–Trinajstić information content (AvgIpc) is 3.14. The third-order valence-electron chi connectivity index (χ3n) is 7.31. The highest BCUT2D eigenvalue weighted by atomic mass is 35.5. The van der Waals surface area contributed by atoms with E-state index < -0.39 is 5.82 Å². The standard InChI is InChI=1S/C29H34ClFN6O/c1-19-7-4-5-8-20(19)15-22(38)9-10-23-25(30)16-24-27(26(23)31)33-29(37-17-21(18-37)35(2)3)34-28(24)36-13-6-11-32-12-14-36/h4-5,7-10,15-16,21,32,38H,6,11-14,17-18H2,1-3H3/b10-9+,22-15+. The van der Waals surface area contributed by atoms with Crippen molar-refractivity contribution in [3.63, 3.8) is 0 Å². The lowest BCUT2D eigenvalue weighted by Gasteiger charge is -2.43. The van der Waals surface area contributed by atoms with Crippen molar-refractivity contribution in [3.05, 3.63) is 69.7 Å². The highest BCUT2D eigenvalue weighted by molar-refractivity contribution is 6.33. The van der Waals surface area contributed by atoms with Gasteiger partial charge in [-0.25, -0.2) is 9.37 Å². The molecule has 200 valence electrons. The number of nitrogens with zero attached hydrogens (tertiary/aromatic N) is 5. The lowest BCUT2D eigenvalue weighted by Crippen LogP contribution is -2.58. The quantitative estimate of drug-likeness (QED) is 0.343. The molecule has 2 aliphatic rings. The molecule has 0 atom stereocenters. The maximum atomic E-state index is 16.1. The van der Waals surface area contributed by atoms with E-state index in [9.17, 15) is 5.11 Å². The number of aliphatic hydroxyl groups excluding tert-OH is 1. The predicted octanol–water partition coefficient (Wildman–Crippen LogP) is 4.89. The number of aryl methyl sites for hydroxylation is 1. The predicted molar refractivity (Wildman–Crippen MR) is 155 cm³/mol. The van der Waals surface area contributed by atoms with Crippen molar-refractivity contribution < 1.29 is 9.50 Å². The minimum atomic E-state index is -0.519. The molecule has 5 rings (SSSR count).